The fourth-order valence-electron chi connectivity index (χ4n) is 4.82. The molecule has 31 heavy (non-hydrogen) atoms. The lowest BCUT2D eigenvalue weighted by Gasteiger charge is -2.31. The smallest absolute Gasteiger partial charge is 0.302 e. The maximum atomic E-state index is 11.6. The van der Waals surface area contributed by atoms with E-state index in [1.54, 1.807) is 6.07 Å². The molecule has 1 heterocycles. The fourth-order valence-corrected chi connectivity index (χ4v) is 4.82. The Morgan fingerprint density at radius 1 is 1.16 bits per heavy atom. The summed E-state index contributed by atoms with van der Waals surface area (Å²) < 4.78 is 11.6. The highest BCUT2D eigenvalue weighted by Crippen LogP contribution is 2.33. The molecule has 3 rings (SSSR count). The van der Waals surface area contributed by atoms with Gasteiger partial charge in [0.25, 0.3) is 0 Å². The van der Waals surface area contributed by atoms with Crippen molar-refractivity contribution in [3.63, 3.8) is 0 Å². The van der Waals surface area contributed by atoms with Crippen LogP contribution in [0.15, 0.2) is 18.2 Å². The zero-order chi connectivity index (χ0) is 22.2. The van der Waals surface area contributed by atoms with Gasteiger partial charge in [-0.1, -0.05) is 25.8 Å². The number of aliphatic hydroxyl groups is 1. The van der Waals surface area contributed by atoms with Crippen molar-refractivity contribution in [3.8, 4) is 11.5 Å². The summed E-state index contributed by atoms with van der Waals surface area (Å²) in [4.78, 5) is 11.6. The lowest BCUT2D eigenvalue weighted by molar-refractivity contribution is -0.148. The lowest BCUT2D eigenvalue weighted by Crippen LogP contribution is -2.34. The molecule has 6 nitrogen and oxygen atoms in total. The Bertz CT molecular complexity index is 695. The van der Waals surface area contributed by atoms with Crippen molar-refractivity contribution in [1.82, 2.24) is 5.32 Å². The van der Waals surface area contributed by atoms with E-state index in [9.17, 15) is 15.0 Å². The van der Waals surface area contributed by atoms with Gasteiger partial charge in [-0.3, -0.25) is 4.79 Å². The van der Waals surface area contributed by atoms with E-state index in [0.717, 1.165) is 63.1 Å². The molecule has 1 saturated heterocycles. The minimum atomic E-state index is -0.435. The first-order chi connectivity index (χ1) is 14.9. The third-order valence-corrected chi connectivity index (χ3v) is 6.80. The van der Waals surface area contributed by atoms with Crippen molar-refractivity contribution >= 4 is 5.97 Å². The van der Waals surface area contributed by atoms with Crippen LogP contribution in [0.3, 0.4) is 0 Å². The van der Waals surface area contributed by atoms with Crippen molar-refractivity contribution in [2.75, 3.05) is 13.1 Å². The number of aryl methyl sites for hydroxylation is 1. The SMILES string of the molecule is CC(=O)OC(CCc1ccc(O)c(OC2CCNCC2)c1)CC(O)C1CCC(C)CC1. The Kier molecular flexibility index (Phi) is 9.02. The number of piperidine rings is 1. The van der Waals surface area contributed by atoms with Gasteiger partial charge < -0.3 is 25.0 Å². The summed E-state index contributed by atoms with van der Waals surface area (Å²) in [5, 5.41) is 24.3. The number of aromatic hydroxyl groups is 1. The van der Waals surface area contributed by atoms with E-state index in [-0.39, 0.29) is 23.9 Å². The Balaban J connectivity index is 1.56. The zero-order valence-corrected chi connectivity index (χ0v) is 19.0. The topological polar surface area (TPSA) is 88.0 Å². The number of ether oxygens (including phenoxy) is 2. The first-order valence-corrected chi connectivity index (χ1v) is 11.9. The monoisotopic (exact) mass is 433 g/mol. The lowest BCUT2D eigenvalue weighted by atomic mass is 9.79. The zero-order valence-electron chi connectivity index (χ0n) is 19.0. The maximum absolute atomic E-state index is 11.6. The molecule has 2 atom stereocenters. The van der Waals surface area contributed by atoms with Crippen LogP contribution < -0.4 is 10.1 Å². The minimum Gasteiger partial charge on any atom is -0.504 e. The van der Waals surface area contributed by atoms with Gasteiger partial charge in [-0.2, -0.15) is 0 Å². The number of hydrogen-bond donors (Lipinski definition) is 3. The van der Waals surface area contributed by atoms with Gasteiger partial charge >= 0.3 is 5.97 Å². The van der Waals surface area contributed by atoms with Crippen LogP contribution in [0.5, 0.6) is 11.5 Å². The number of carbonyl (C=O) groups is 1. The van der Waals surface area contributed by atoms with Gasteiger partial charge in [-0.05, 0) is 81.1 Å². The molecule has 0 spiro atoms. The van der Waals surface area contributed by atoms with Gasteiger partial charge in [-0.15, -0.1) is 0 Å². The summed E-state index contributed by atoms with van der Waals surface area (Å²) >= 11 is 0. The standard InChI is InChI=1S/C25H39NO5/c1-17-3-7-20(8-4-17)24(29)16-22(30-18(2)27)9-5-19-6-10-23(28)25(15-19)31-21-11-13-26-14-12-21/h6,10,15,17,20-22,24,26,28-29H,3-5,7-9,11-14,16H2,1-2H3. The van der Waals surface area contributed by atoms with E-state index < -0.39 is 6.10 Å². The highest BCUT2D eigenvalue weighted by molar-refractivity contribution is 5.66. The molecule has 0 aromatic heterocycles. The summed E-state index contributed by atoms with van der Waals surface area (Å²) in [6.45, 7) is 5.55. The van der Waals surface area contributed by atoms with Gasteiger partial charge in [0.05, 0.1) is 6.10 Å². The Hall–Kier alpha value is -1.79. The van der Waals surface area contributed by atoms with Crippen molar-refractivity contribution in [1.29, 1.82) is 0 Å². The highest BCUT2D eigenvalue weighted by atomic mass is 16.5. The number of carbonyl (C=O) groups excluding carboxylic acids is 1. The molecule has 1 aliphatic heterocycles. The summed E-state index contributed by atoms with van der Waals surface area (Å²) in [5.41, 5.74) is 1.03. The second-order valence-corrected chi connectivity index (χ2v) is 9.46. The number of esters is 1. The number of hydrogen-bond acceptors (Lipinski definition) is 6. The molecule has 0 amide bonds. The van der Waals surface area contributed by atoms with Crippen LogP contribution in [0.25, 0.3) is 0 Å². The third-order valence-electron chi connectivity index (χ3n) is 6.80. The average molecular weight is 434 g/mol. The Morgan fingerprint density at radius 2 is 1.87 bits per heavy atom. The molecule has 1 aromatic rings. The molecule has 6 heteroatoms. The van der Waals surface area contributed by atoms with Gasteiger partial charge in [0, 0.05) is 13.3 Å². The van der Waals surface area contributed by atoms with E-state index in [2.05, 4.69) is 12.2 Å². The summed E-state index contributed by atoms with van der Waals surface area (Å²) in [6, 6.07) is 5.44. The number of phenolic OH excluding ortho intramolecular Hbond substituents is 1. The van der Waals surface area contributed by atoms with Crippen molar-refractivity contribution in [2.24, 2.45) is 11.8 Å². The normalized spacial score (nSPS) is 24.4. The number of benzene rings is 1. The molecule has 3 N–H and O–H groups in total. The van der Waals surface area contributed by atoms with Crippen molar-refractivity contribution in [2.45, 2.75) is 89.9 Å². The van der Waals surface area contributed by atoms with E-state index in [1.165, 1.54) is 6.92 Å². The summed E-state index contributed by atoms with van der Waals surface area (Å²) in [5.74, 6) is 1.40. The maximum Gasteiger partial charge on any atom is 0.302 e. The molecule has 0 radical (unpaired) electrons. The van der Waals surface area contributed by atoms with Gasteiger partial charge in [-0.25, -0.2) is 0 Å². The van der Waals surface area contributed by atoms with Gasteiger partial charge in [0.2, 0.25) is 0 Å². The Labute approximate surface area is 186 Å². The minimum absolute atomic E-state index is 0.115. The molecule has 2 fully saturated rings. The number of rotatable bonds is 9. The van der Waals surface area contributed by atoms with Crippen LogP contribution in [0.4, 0.5) is 0 Å². The van der Waals surface area contributed by atoms with Crippen molar-refractivity contribution < 1.29 is 24.5 Å². The van der Waals surface area contributed by atoms with E-state index in [1.807, 2.05) is 12.1 Å². The molecular formula is C25H39NO5. The van der Waals surface area contributed by atoms with Crippen LogP contribution in [-0.4, -0.2) is 47.6 Å². The molecule has 2 unspecified atom stereocenters. The summed E-state index contributed by atoms with van der Waals surface area (Å²) in [7, 11) is 0. The fraction of sp³-hybridized carbons (Fsp3) is 0.720. The molecular weight excluding hydrogens is 394 g/mol. The first kappa shape index (κ1) is 23.9. The second kappa shape index (κ2) is 11.7. The summed E-state index contributed by atoms with van der Waals surface area (Å²) in [6.07, 6.45) is 7.44. The van der Waals surface area contributed by atoms with Crippen LogP contribution in [0.2, 0.25) is 0 Å². The highest BCUT2D eigenvalue weighted by Gasteiger charge is 2.28. The molecule has 1 saturated carbocycles. The van der Waals surface area contributed by atoms with E-state index >= 15 is 0 Å². The van der Waals surface area contributed by atoms with Crippen molar-refractivity contribution in [3.05, 3.63) is 23.8 Å². The second-order valence-electron chi connectivity index (χ2n) is 9.46. The molecule has 1 aromatic carbocycles. The predicted molar refractivity (Wildman–Crippen MR) is 120 cm³/mol. The van der Waals surface area contributed by atoms with Gasteiger partial charge in [0.1, 0.15) is 12.2 Å². The Morgan fingerprint density at radius 3 is 2.55 bits per heavy atom. The number of nitrogens with one attached hydrogen (secondary N) is 1. The molecule has 1 aliphatic carbocycles. The largest absolute Gasteiger partial charge is 0.504 e. The predicted octanol–water partition coefficient (Wildman–Crippen LogP) is 3.96. The number of phenols is 1. The molecule has 174 valence electrons. The molecule has 2 aliphatic rings. The van der Waals surface area contributed by atoms with E-state index in [4.69, 9.17) is 9.47 Å². The van der Waals surface area contributed by atoms with Crippen LogP contribution in [0, 0.1) is 11.8 Å². The first-order valence-electron chi connectivity index (χ1n) is 11.9. The third kappa shape index (κ3) is 7.69. The van der Waals surface area contributed by atoms with Crippen LogP contribution in [0.1, 0.15) is 70.8 Å². The van der Waals surface area contributed by atoms with E-state index in [0.29, 0.717) is 30.9 Å². The quantitative estimate of drug-likeness (QED) is 0.511. The van der Waals surface area contributed by atoms with Crippen LogP contribution in [-0.2, 0) is 16.0 Å². The molecule has 0 bridgehead atoms. The van der Waals surface area contributed by atoms with Crippen LogP contribution >= 0.6 is 0 Å². The van der Waals surface area contributed by atoms with Gasteiger partial charge in [0.15, 0.2) is 11.5 Å². The average Bonchev–Trinajstić information content (AvgIpc) is 2.75. The number of aliphatic hydroxyl groups excluding tert-OH is 1.